The number of thioether (sulfide) groups is 1. The largest absolute Gasteiger partial charge is 0.322 e. The first kappa shape index (κ1) is 17.4. The minimum absolute atomic E-state index is 0.101. The van der Waals surface area contributed by atoms with Gasteiger partial charge in [-0.05, 0) is 42.3 Å². The number of rotatable bonds is 3. The number of likely N-dealkylation sites (N-methyl/N-ethyl adjacent to an activating group) is 1. The summed E-state index contributed by atoms with van der Waals surface area (Å²) in [6, 6.07) is 14.7. The highest BCUT2D eigenvalue weighted by atomic mass is 32.2. The molecule has 0 unspecified atom stereocenters. The van der Waals surface area contributed by atoms with Crippen LogP contribution in [0.5, 0.6) is 0 Å². The first-order valence-electron chi connectivity index (χ1n) is 7.64. The van der Waals surface area contributed by atoms with Gasteiger partial charge >= 0.3 is 0 Å². The van der Waals surface area contributed by atoms with Crippen LogP contribution in [-0.4, -0.2) is 28.1 Å². The molecule has 1 aliphatic heterocycles. The predicted molar refractivity (Wildman–Crippen MR) is 107 cm³/mol. The molecule has 0 atom stereocenters. The normalized spacial score (nSPS) is 15.8. The monoisotopic (exact) mass is 368 g/mol. The molecule has 0 aromatic heterocycles. The molecule has 2 aromatic carbocycles. The van der Waals surface area contributed by atoms with E-state index < -0.39 is 0 Å². The van der Waals surface area contributed by atoms with E-state index in [4.69, 9.17) is 12.2 Å². The average molecular weight is 368 g/mol. The van der Waals surface area contributed by atoms with E-state index in [2.05, 4.69) is 5.32 Å². The maximum atomic E-state index is 12.4. The summed E-state index contributed by atoms with van der Waals surface area (Å²) in [5.74, 6) is -0.267. The van der Waals surface area contributed by atoms with Crippen molar-refractivity contribution in [3.05, 3.63) is 70.1 Å². The van der Waals surface area contributed by atoms with Crippen LogP contribution in [0.4, 0.5) is 5.69 Å². The number of hydrogen-bond acceptors (Lipinski definition) is 4. The highest BCUT2D eigenvalue weighted by Gasteiger charge is 2.28. The fourth-order valence-electron chi connectivity index (χ4n) is 2.34. The molecule has 2 aromatic rings. The van der Waals surface area contributed by atoms with E-state index >= 15 is 0 Å². The van der Waals surface area contributed by atoms with Gasteiger partial charge in [0.1, 0.15) is 4.32 Å². The minimum atomic E-state index is -0.166. The Kier molecular flexibility index (Phi) is 5.01. The molecule has 3 rings (SSSR count). The van der Waals surface area contributed by atoms with E-state index in [1.807, 2.05) is 43.3 Å². The lowest BCUT2D eigenvalue weighted by Gasteiger charge is -2.08. The zero-order chi connectivity index (χ0) is 18.0. The predicted octanol–water partition coefficient (Wildman–Crippen LogP) is 4.08. The van der Waals surface area contributed by atoms with Crippen molar-refractivity contribution in [2.45, 2.75) is 6.92 Å². The van der Waals surface area contributed by atoms with Crippen molar-refractivity contribution < 1.29 is 9.59 Å². The summed E-state index contributed by atoms with van der Waals surface area (Å²) in [6.45, 7) is 1.95. The zero-order valence-electron chi connectivity index (χ0n) is 13.8. The van der Waals surface area contributed by atoms with E-state index in [1.165, 1.54) is 16.7 Å². The summed E-state index contributed by atoms with van der Waals surface area (Å²) in [5.41, 5.74) is 3.21. The van der Waals surface area contributed by atoms with Crippen molar-refractivity contribution in [3.8, 4) is 0 Å². The third kappa shape index (κ3) is 3.81. The zero-order valence-corrected chi connectivity index (χ0v) is 15.4. The molecule has 0 spiro atoms. The second-order valence-corrected chi connectivity index (χ2v) is 7.31. The molecule has 4 nitrogen and oxygen atoms in total. The third-order valence-corrected chi connectivity index (χ3v) is 5.34. The second-order valence-electron chi connectivity index (χ2n) is 5.63. The summed E-state index contributed by atoms with van der Waals surface area (Å²) < 4.78 is 0.547. The molecular weight excluding hydrogens is 352 g/mol. The van der Waals surface area contributed by atoms with E-state index in [1.54, 1.807) is 25.3 Å². The van der Waals surface area contributed by atoms with Gasteiger partial charge in [-0.1, -0.05) is 54.3 Å². The molecule has 1 heterocycles. The summed E-state index contributed by atoms with van der Waals surface area (Å²) in [7, 11) is 1.66. The van der Waals surface area contributed by atoms with Gasteiger partial charge in [0.05, 0.1) is 4.91 Å². The number of hydrogen-bond donors (Lipinski definition) is 1. The molecular formula is C19H16N2O2S2. The number of carbonyl (C=O) groups is 2. The Morgan fingerprint density at radius 1 is 1.16 bits per heavy atom. The van der Waals surface area contributed by atoms with Crippen LogP contribution in [0.1, 0.15) is 21.5 Å². The minimum Gasteiger partial charge on any atom is -0.322 e. The number of nitrogens with zero attached hydrogens (tertiary/aromatic N) is 1. The SMILES string of the molecule is Cc1ccccc1NC(=O)c1ccc(C=C2SC(=S)N(C)C2=O)cc1. The van der Waals surface area contributed by atoms with Crippen molar-refractivity contribution in [3.63, 3.8) is 0 Å². The van der Waals surface area contributed by atoms with E-state index in [9.17, 15) is 9.59 Å². The molecule has 1 saturated heterocycles. The lowest BCUT2D eigenvalue weighted by molar-refractivity contribution is -0.121. The molecule has 0 aliphatic carbocycles. The highest BCUT2D eigenvalue weighted by molar-refractivity contribution is 8.26. The van der Waals surface area contributed by atoms with Crippen molar-refractivity contribution in [1.82, 2.24) is 4.90 Å². The third-order valence-electron chi connectivity index (χ3n) is 3.85. The quantitative estimate of drug-likeness (QED) is 0.655. The Balaban J connectivity index is 1.74. The molecule has 2 amide bonds. The van der Waals surface area contributed by atoms with Gasteiger partial charge in [-0.15, -0.1) is 0 Å². The molecule has 6 heteroatoms. The fourth-order valence-corrected chi connectivity index (χ4v) is 3.51. The molecule has 0 radical (unpaired) electrons. The Morgan fingerprint density at radius 2 is 1.84 bits per heavy atom. The Bertz CT molecular complexity index is 889. The fraction of sp³-hybridized carbons (Fsp3) is 0.105. The van der Waals surface area contributed by atoms with Crippen molar-refractivity contribution in [1.29, 1.82) is 0 Å². The smallest absolute Gasteiger partial charge is 0.265 e. The van der Waals surface area contributed by atoms with Gasteiger partial charge in [0, 0.05) is 18.3 Å². The van der Waals surface area contributed by atoms with E-state index in [0.29, 0.717) is 14.8 Å². The van der Waals surface area contributed by atoms with Crippen LogP contribution in [0.2, 0.25) is 0 Å². The second kappa shape index (κ2) is 7.21. The van der Waals surface area contributed by atoms with Crippen LogP contribution >= 0.6 is 24.0 Å². The lowest BCUT2D eigenvalue weighted by atomic mass is 10.1. The summed E-state index contributed by atoms with van der Waals surface area (Å²) in [4.78, 5) is 26.4. The molecule has 1 fully saturated rings. The Hall–Kier alpha value is -2.44. The van der Waals surface area contributed by atoms with Gasteiger partial charge in [-0.2, -0.15) is 0 Å². The first-order valence-corrected chi connectivity index (χ1v) is 8.87. The van der Waals surface area contributed by atoms with Crippen LogP contribution in [0.25, 0.3) is 6.08 Å². The molecule has 1 aliphatic rings. The maximum Gasteiger partial charge on any atom is 0.265 e. The Morgan fingerprint density at radius 3 is 2.44 bits per heavy atom. The van der Waals surface area contributed by atoms with Gasteiger partial charge < -0.3 is 5.32 Å². The summed E-state index contributed by atoms with van der Waals surface area (Å²) in [6.07, 6.45) is 1.78. The Labute approximate surface area is 155 Å². The van der Waals surface area contributed by atoms with Crippen molar-refractivity contribution in [2.75, 3.05) is 12.4 Å². The summed E-state index contributed by atoms with van der Waals surface area (Å²) in [5, 5.41) is 2.90. The van der Waals surface area contributed by atoms with Gasteiger partial charge in [-0.3, -0.25) is 14.5 Å². The van der Waals surface area contributed by atoms with E-state index in [-0.39, 0.29) is 11.8 Å². The van der Waals surface area contributed by atoms with Gasteiger partial charge in [-0.25, -0.2) is 0 Å². The average Bonchev–Trinajstić information content (AvgIpc) is 2.84. The molecule has 126 valence electrons. The molecule has 0 saturated carbocycles. The lowest BCUT2D eigenvalue weighted by Crippen LogP contribution is -2.22. The van der Waals surface area contributed by atoms with E-state index in [0.717, 1.165) is 16.8 Å². The van der Waals surface area contributed by atoms with Crippen LogP contribution in [0, 0.1) is 6.92 Å². The molecule has 1 N–H and O–H groups in total. The van der Waals surface area contributed by atoms with Crippen LogP contribution in [0.15, 0.2) is 53.4 Å². The number of anilines is 1. The van der Waals surface area contributed by atoms with Crippen LogP contribution in [-0.2, 0) is 4.79 Å². The maximum absolute atomic E-state index is 12.4. The van der Waals surface area contributed by atoms with Gasteiger partial charge in [0.25, 0.3) is 11.8 Å². The van der Waals surface area contributed by atoms with Crippen molar-refractivity contribution in [2.24, 2.45) is 0 Å². The number of thiocarbonyl (C=S) groups is 1. The summed E-state index contributed by atoms with van der Waals surface area (Å²) >= 11 is 6.39. The number of aryl methyl sites for hydroxylation is 1. The number of nitrogens with one attached hydrogen (secondary N) is 1. The number of carbonyl (C=O) groups excluding carboxylic acids is 2. The van der Waals surface area contributed by atoms with Gasteiger partial charge in [0.15, 0.2) is 0 Å². The topological polar surface area (TPSA) is 49.4 Å². The molecule has 0 bridgehead atoms. The highest BCUT2D eigenvalue weighted by Crippen LogP contribution is 2.31. The van der Waals surface area contributed by atoms with Crippen LogP contribution < -0.4 is 5.32 Å². The van der Waals surface area contributed by atoms with Crippen molar-refractivity contribution >= 4 is 51.9 Å². The van der Waals surface area contributed by atoms with Crippen LogP contribution in [0.3, 0.4) is 0 Å². The molecule has 25 heavy (non-hydrogen) atoms. The van der Waals surface area contributed by atoms with Gasteiger partial charge in [0.2, 0.25) is 0 Å². The number of para-hydroxylation sites is 1. The number of benzene rings is 2. The first-order chi connectivity index (χ1) is 12.0. The number of amides is 2. The standard InChI is InChI=1S/C19H16N2O2S2/c1-12-5-3-4-6-15(12)20-17(22)14-9-7-13(8-10-14)11-16-18(23)21(2)19(24)25-16/h3-11H,1-2H3,(H,20,22).